The van der Waals surface area contributed by atoms with E-state index >= 15 is 0 Å². The highest BCUT2D eigenvalue weighted by Gasteiger charge is 2.32. The highest BCUT2D eigenvalue weighted by atomic mass is 32.1. The van der Waals surface area contributed by atoms with E-state index in [4.69, 9.17) is 0 Å². The van der Waals surface area contributed by atoms with Crippen LogP contribution in [0.15, 0.2) is 11.4 Å². The molecule has 1 aromatic heterocycles. The summed E-state index contributed by atoms with van der Waals surface area (Å²) in [5, 5.41) is 5.72. The lowest BCUT2D eigenvalue weighted by molar-refractivity contribution is 0.120. The van der Waals surface area contributed by atoms with Gasteiger partial charge in [0.2, 0.25) is 0 Å². The van der Waals surface area contributed by atoms with Gasteiger partial charge in [-0.05, 0) is 35.8 Å². The predicted molar refractivity (Wildman–Crippen MR) is 69.0 cm³/mol. The zero-order valence-corrected chi connectivity index (χ0v) is 10.7. The fraction of sp³-hybridized carbons (Fsp3) is 0.692. The molecule has 1 saturated heterocycles. The topological polar surface area (TPSA) is 15.3 Å². The summed E-state index contributed by atoms with van der Waals surface area (Å²) < 4.78 is 0. The number of thiophene rings is 1. The van der Waals surface area contributed by atoms with Crippen LogP contribution in [-0.4, -0.2) is 31.1 Å². The Balaban J connectivity index is 1.87. The first-order valence-corrected chi connectivity index (χ1v) is 7.25. The van der Waals surface area contributed by atoms with E-state index in [2.05, 4.69) is 28.6 Å². The van der Waals surface area contributed by atoms with Crippen molar-refractivity contribution in [3.05, 3.63) is 21.9 Å². The van der Waals surface area contributed by atoms with E-state index < -0.39 is 0 Å². The number of aryl methyl sites for hydroxylation is 1. The number of rotatable bonds is 1. The fourth-order valence-corrected chi connectivity index (χ4v) is 4.10. The van der Waals surface area contributed by atoms with Crippen LogP contribution < -0.4 is 5.32 Å². The van der Waals surface area contributed by atoms with Gasteiger partial charge in [0, 0.05) is 37.1 Å². The number of hydrogen-bond donors (Lipinski definition) is 1. The van der Waals surface area contributed by atoms with E-state index in [1.165, 1.54) is 25.9 Å². The Bertz CT molecular complexity index is 355. The third-order valence-corrected chi connectivity index (χ3v) is 5.01. The Labute approximate surface area is 102 Å². The molecule has 0 radical (unpaired) electrons. The van der Waals surface area contributed by atoms with E-state index in [9.17, 15) is 0 Å². The minimum absolute atomic E-state index is 0.692. The average molecular weight is 236 g/mol. The van der Waals surface area contributed by atoms with Crippen molar-refractivity contribution in [2.75, 3.05) is 26.2 Å². The summed E-state index contributed by atoms with van der Waals surface area (Å²) in [7, 11) is 0. The molecule has 0 aromatic carbocycles. The summed E-state index contributed by atoms with van der Waals surface area (Å²) in [4.78, 5) is 4.33. The summed E-state index contributed by atoms with van der Waals surface area (Å²) in [6.07, 6.45) is 2.67. The molecule has 2 heterocycles. The Morgan fingerprint density at radius 3 is 3.00 bits per heavy atom. The molecule has 1 aliphatic heterocycles. The van der Waals surface area contributed by atoms with Gasteiger partial charge in [-0.15, -0.1) is 11.3 Å². The molecule has 2 atom stereocenters. The summed E-state index contributed by atoms with van der Waals surface area (Å²) in [6, 6.07) is 3.06. The first kappa shape index (κ1) is 10.8. The summed E-state index contributed by atoms with van der Waals surface area (Å²) in [6.45, 7) is 7.16. The maximum absolute atomic E-state index is 3.45. The van der Waals surface area contributed by atoms with Crippen LogP contribution in [0.2, 0.25) is 0 Å². The van der Waals surface area contributed by atoms with Crippen molar-refractivity contribution in [3.8, 4) is 0 Å². The van der Waals surface area contributed by atoms with Gasteiger partial charge >= 0.3 is 0 Å². The zero-order valence-electron chi connectivity index (χ0n) is 9.91. The molecule has 0 spiro atoms. The Morgan fingerprint density at radius 1 is 1.38 bits per heavy atom. The van der Waals surface area contributed by atoms with Crippen LogP contribution in [0.1, 0.15) is 29.8 Å². The lowest BCUT2D eigenvalue weighted by Gasteiger charge is -2.40. The maximum Gasteiger partial charge on any atom is 0.0385 e. The van der Waals surface area contributed by atoms with Crippen LogP contribution in [0.4, 0.5) is 0 Å². The van der Waals surface area contributed by atoms with Crippen LogP contribution >= 0.6 is 11.3 Å². The molecule has 1 fully saturated rings. The van der Waals surface area contributed by atoms with E-state index in [1.54, 1.807) is 10.4 Å². The van der Waals surface area contributed by atoms with Crippen molar-refractivity contribution in [2.45, 2.75) is 25.8 Å². The van der Waals surface area contributed by atoms with Gasteiger partial charge in [-0.25, -0.2) is 0 Å². The van der Waals surface area contributed by atoms with Crippen molar-refractivity contribution in [3.63, 3.8) is 0 Å². The minimum atomic E-state index is 0.692. The second-order valence-corrected chi connectivity index (χ2v) is 6.05. The van der Waals surface area contributed by atoms with Crippen LogP contribution in [0.3, 0.4) is 0 Å². The molecular formula is C13H20N2S. The number of nitrogens with one attached hydrogen (secondary N) is 1. The van der Waals surface area contributed by atoms with Crippen LogP contribution in [0, 0.1) is 5.92 Å². The van der Waals surface area contributed by atoms with E-state index in [0.29, 0.717) is 6.04 Å². The van der Waals surface area contributed by atoms with Gasteiger partial charge in [-0.3, -0.25) is 4.90 Å². The number of fused-ring (bicyclic) bond motifs is 1. The molecule has 1 N–H and O–H groups in total. The lowest BCUT2D eigenvalue weighted by atomic mass is 9.83. The van der Waals surface area contributed by atoms with Crippen molar-refractivity contribution >= 4 is 11.3 Å². The SMILES string of the molecule is CC1CCc2sccc2C1N1CCNCC1. The lowest BCUT2D eigenvalue weighted by Crippen LogP contribution is -2.47. The van der Waals surface area contributed by atoms with Gasteiger partial charge in [0.25, 0.3) is 0 Å². The fourth-order valence-electron chi connectivity index (χ4n) is 3.16. The van der Waals surface area contributed by atoms with E-state index in [1.807, 2.05) is 11.3 Å². The highest BCUT2D eigenvalue weighted by Crippen LogP contribution is 2.40. The molecule has 0 bridgehead atoms. The smallest absolute Gasteiger partial charge is 0.0385 e. The van der Waals surface area contributed by atoms with Gasteiger partial charge in [0.1, 0.15) is 0 Å². The first-order chi connectivity index (χ1) is 7.86. The predicted octanol–water partition coefficient (Wildman–Crippen LogP) is 2.28. The molecule has 0 amide bonds. The first-order valence-electron chi connectivity index (χ1n) is 6.37. The quantitative estimate of drug-likeness (QED) is 0.805. The highest BCUT2D eigenvalue weighted by molar-refractivity contribution is 7.10. The number of piperazine rings is 1. The minimum Gasteiger partial charge on any atom is -0.314 e. The molecule has 1 aliphatic carbocycles. The van der Waals surface area contributed by atoms with Gasteiger partial charge in [-0.1, -0.05) is 6.92 Å². The third kappa shape index (κ3) is 1.81. The van der Waals surface area contributed by atoms with Crippen molar-refractivity contribution in [2.24, 2.45) is 5.92 Å². The molecule has 1 aromatic rings. The molecule has 0 saturated carbocycles. The van der Waals surface area contributed by atoms with Crippen LogP contribution in [0.25, 0.3) is 0 Å². The van der Waals surface area contributed by atoms with Gasteiger partial charge in [0.15, 0.2) is 0 Å². The molecule has 2 unspecified atom stereocenters. The van der Waals surface area contributed by atoms with Crippen molar-refractivity contribution in [1.29, 1.82) is 0 Å². The molecule has 88 valence electrons. The summed E-state index contributed by atoms with van der Waals surface area (Å²) >= 11 is 1.95. The molecular weight excluding hydrogens is 216 g/mol. The molecule has 2 aliphatic rings. The normalized spacial score (nSPS) is 31.3. The molecule has 3 heteroatoms. The maximum atomic E-state index is 3.45. The standard InChI is InChI=1S/C13H20N2S/c1-10-2-3-12-11(4-9-16-12)13(10)15-7-5-14-6-8-15/h4,9-10,13-14H,2-3,5-8H2,1H3. The van der Waals surface area contributed by atoms with Gasteiger partial charge in [-0.2, -0.15) is 0 Å². The number of nitrogens with zero attached hydrogens (tertiary/aromatic N) is 1. The second kappa shape index (κ2) is 4.47. The van der Waals surface area contributed by atoms with E-state index in [-0.39, 0.29) is 0 Å². The Hall–Kier alpha value is -0.380. The summed E-state index contributed by atoms with van der Waals surface area (Å²) in [5.74, 6) is 0.820. The monoisotopic (exact) mass is 236 g/mol. The van der Waals surface area contributed by atoms with Crippen molar-refractivity contribution in [1.82, 2.24) is 10.2 Å². The Kier molecular flexibility index (Phi) is 3.01. The van der Waals surface area contributed by atoms with Gasteiger partial charge < -0.3 is 5.32 Å². The number of hydrogen-bond acceptors (Lipinski definition) is 3. The zero-order chi connectivity index (χ0) is 11.0. The average Bonchev–Trinajstić information content (AvgIpc) is 2.78. The van der Waals surface area contributed by atoms with Crippen LogP contribution in [0.5, 0.6) is 0 Å². The largest absolute Gasteiger partial charge is 0.314 e. The van der Waals surface area contributed by atoms with Crippen molar-refractivity contribution < 1.29 is 0 Å². The van der Waals surface area contributed by atoms with Crippen LogP contribution in [-0.2, 0) is 6.42 Å². The van der Waals surface area contributed by atoms with E-state index in [0.717, 1.165) is 19.0 Å². The summed E-state index contributed by atoms with van der Waals surface area (Å²) in [5.41, 5.74) is 1.63. The van der Waals surface area contributed by atoms with Gasteiger partial charge in [0.05, 0.1) is 0 Å². The third-order valence-electron chi connectivity index (χ3n) is 4.01. The molecule has 3 rings (SSSR count). The Morgan fingerprint density at radius 2 is 2.19 bits per heavy atom. The molecule has 16 heavy (non-hydrogen) atoms. The second-order valence-electron chi connectivity index (χ2n) is 5.05. The molecule has 2 nitrogen and oxygen atoms in total.